The number of aryl methyl sites for hydroxylation is 1. The first-order valence-corrected chi connectivity index (χ1v) is 10.8. The molecular formula is C22H34N4O. The minimum atomic E-state index is 0.0905. The SMILES string of the molecule is CC(C)=CC1C(C(=O)N2CCCC(c3nnc4n3CCCCC4)C2)C1(C)C. The smallest absolute Gasteiger partial charge is 0.226 e. The lowest BCUT2D eigenvalue weighted by Gasteiger charge is -2.33. The van der Waals surface area contributed by atoms with Crippen molar-refractivity contribution in [1.82, 2.24) is 19.7 Å². The van der Waals surface area contributed by atoms with Crippen LogP contribution in [-0.2, 0) is 17.8 Å². The van der Waals surface area contributed by atoms with Gasteiger partial charge in [-0.3, -0.25) is 4.79 Å². The van der Waals surface area contributed by atoms with Crippen molar-refractivity contribution in [3.05, 3.63) is 23.3 Å². The Hall–Kier alpha value is -1.65. The molecule has 1 aliphatic carbocycles. The van der Waals surface area contributed by atoms with Gasteiger partial charge in [0.25, 0.3) is 0 Å². The number of carbonyl (C=O) groups excluding carboxylic acids is 1. The minimum Gasteiger partial charge on any atom is -0.342 e. The molecule has 3 atom stereocenters. The monoisotopic (exact) mass is 370 g/mol. The Morgan fingerprint density at radius 2 is 1.93 bits per heavy atom. The zero-order valence-electron chi connectivity index (χ0n) is 17.4. The average molecular weight is 371 g/mol. The summed E-state index contributed by atoms with van der Waals surface area (Å²) in [4.78, 5) is 15.4. The van der Waals surface area contributed by atoms with Gasteiger partial charge in [-0.05, 0) is 50.9 Å². The van der Waals surface area contributed by atoms with Crippen LogP contribution < -0.4 is 0 Å². The second-order valence-electron chi connectivity index (χ2n) is 9.63. The molecule has 1 aromatic heterocycles. The van der Waals surface area contributed by atoms with Crippen molar-refractivity contribution in [3.63, 3.8) is 0 Å². The number of amides is 1. The first-order chi connectivity index (χ1) is 12.9. The number of piperidine rings is 1. The van der Waals surface area contributed by atoms with E-state index in [1.54, 1.807) is 0 Å². The van der Waals surface area contributed by atoms with E-state index in [9.17, 15) is 4.79 Å². The fourth-order valence-corrected chi connectivity index (χ4v) is 5.21. The molecule has 4 rings (SSSR count). The molecule has 3 aliphatic rings. The second kappa shape index (κ2) is 7.06. The number of carbonyl (C=O) groups is 1. The van der Waals surface area contributed by atoms with Gasteiger partial charge in [0.1, 0.15) is 11.6 Å². The second-order valence-corrected chi connectivity index (χ2v) is 9.63. The molecule has 0 bridgehead atoms. The van der Waals surface area contributed by atoms with E-state index in [-0.39, 0.29) is 11.3 Å². The van der Waals surface area contributed by atoms with Crippen LogP contribution in [0.1, 0.15) is 77.4 Å². The summed E-state index contributed by atoms with van der Waals surface area (Å²) >= 11 is 0. The van der Waals surface area contributed by atoms with E-state index in [2.05, 4.69) is 53.4 Å². The highest BCUT2D eigenvalue weighted by Gasteiger charge is 2.61. The summed E-state index contributed by atoms with van der Waals surface area (Å²) in [5, 5.41) is 9.04. The Bertz CT molecular complexity index is 743. The van der Waals surface area contributed by atoms with Gasteiger partial charge in [-0.1, -0.05) is 31.9 Å². The Balaban J connectivity index is 1.49. The van der Waals surface area contributed by atoms with E-state index >= 15 is 0 Å². The number of fused-ring (bicyclic) bond motifs is 1. The first kappa shape index (κ1) is 18.7. The topological polar surface area (TPSA) is 51.0 Å². The molecule has 1 saturated carbocycles. The van der Waals surface area contributed by atoms with Gasteiger partial charge in [0.05, 0.1) is 5.92 Å². The number of hydrogen-bond donors (Lipinski definition) is 0. The molecule has 2 fully saturated rings. The zero-order chi connectivity index (χ0) is 19.2. The van der Waals surface area contributed by atoms with E-state index in [0.717, 1.165) is 50.5 Å². The number of nitrogens with zero attached hydrogens (tertiary/aromatic N) is 4. The van der Waals surface area contributed by atoms with Crippen LogP contribution in [-0.4, -0.2) is 38.7 Å². The normalized spacial score (nSPS) is 29.6. The van der Waals surface area contributed by atoms with Crippen LogP contribution in [0.25, 0.3) is 0 Å². The molecule has 0 aromatic carbocycles. The van der Waals surface area contributed by atoms with Gasteiger partial charge >= 0.3 is 0 Å². The van der Waals surface area contributed by atoms with Crippen molar-refractivity contribution in [1.29, 1.82) is 0 Å². The fourth-order valence-electron chi connectivity index (χ4n) is 5.21. The number of likely N-dealkylation sites (tertiary alicyclic amines) is 1. The van der Waals surface area contributed by atoms with Gasteiger partial charge in [0, 0.05) is 32.0 Å². The zero-order valence-corrected chi connectivity index (χ0v) is 17.4. The third-order valence-electron chi connectivity index (χ3n) is 6.93. The quantitative estimate of drug-likeness (QED) is 0.757. The summed E-state index contributed by atoms with van der Waals surface area (Å²) in [5.41, 5.74) is 1.40. The number of hydrogen-bond acceptors (Lipinski definition) is 3. The Labute approximate surface area is 163 Å². The minimum absolute atomic E-state index is 0.0905. The van der Waals surface area contributed by atoms with E-state index in [0.29, 0.717) is 17.7 Å². The predicted molar refractivity (Wildman–Crippen MR) is 106 cm³/mol. The highest BCUT2D eigenvalue weighted by atomic mass is 16.2. The summed E-state index contributed by atoms with van der Waals surface area (Å²) < 4.78 is 2.36. The van der Waals surface area contributed by atoms with Crippen molar-refractivity contribution < 1.29 is 4.79 Å². The predicted octanol–water partition coefficient (Wildman–Crippen LogP) is 3.95. The maximum absolute atomic E-state index is 13.3. The molecule has 148 valence electrons. The van der Waals surface area contributed by atoms with Gasteiger partial charge < -0.3 is 9.47 Å². The summed E-state index contributed by atoms with van der Waals surface area (Å²) in [6.45, 7) is 11.5. The van der Waals surface area contributed by atoms with Gasteiger partial charge in [-0.15, -0.1) is 10.2 Å². The van der Waals surface area contributed by atoms with Crippen LogP contribution in [0, 0.1) is 17.3 Å². The van der Waals surface area contributed by atoms with E-state index in [1.165, 1.54) is 24.8 Å². The molecule has 3 unspecified atom stereocenters. The molecule has 1 saturated heterocycles. The van der Waals surface area contributed by atoms with Crippen molar-refractivity contribution in [2.45, 2.75) is 78.7 Å². The average Bonchev–Trinajstić information content (AvgIpc) is 3.05. The van der Waals surface area contributed by atoms with Gasteiger partial charge in [0.15, 0.2) is 0 Å². The fraction of sp³-hybridized carbons (Fsp3) is 0.773. The Morgan fingerprint density at radius 1 is 1.11 bits per heavy atom. The van der Waals surface area contributed by atoms with E-state index in [4.69, 9.17) is 0 Å². The molecule has 5 nitrogen and oxygen atoms in total. The third kappa shape index (κ3) is 3.45. The highest BCUT2D eigenvalue weighted by Crippen LogP contribution is 2.60. The molecule has 3 heterocycles. The molecule has 1 amide bonds. The van der Waals surface area contributed by atoms with E-state index < -0.39 is 0 Å². The lowest BCUT2D eigenvalue weighted by Crippen LogP contribution is -2.41. The maximum Gasteiger partial charge on any atom is 0.226 e. The number of aromatic nitrogens is 3. The van der Waals surface area contributed by atoms with E-state index in [1.807, 2.05) is 0 Å². The van der Waals surface area contributed by atoms with Crippen LogP contribution in [0.4, 0.5) is 0 Å². The molecular weight excluding hydrogens is 336 g/mol. The molecule has 0 radical (unpaired) electrons. The maximum atomic E-state index is 13.3. The summed E-state index contributed by atoms with van der Waals surface area (Å²) in [6, 6.07) is 0. The summed E-state index contributed by atoms with van der Waals surface area (Å²) in [5.74, 6) is 3.49. The van der Waals surface area contributed by atoms with Crippen LogP contribution in [0.5, 0.6) is 0 Å². The molecule has 27 heavy (non-hydrogen) atoms. The number of rotatable bonds is 3. The van der Waals surface area contributed by atoms with Crippen molar-refractivity contribution in [3.8, 4) is 0 Å². The number of allylic oxidation sites excluding steroid dienone is 2. The molecule has 1 aromatic rings. The summed E-state index contributed by atoms with van der Waals surface area (Å²) in [6.07, 6.45) is 9.24. The van der Waals surface area contributed by atoms with Crippen LogP contribution in [0.2, 0.25) is 0 Å². The van der Waals surface area contributed by atoms with Gasteiger partial charge in [0.2, 0.25) is 5.91 Å². The lowest BCUT2D eigenvalue weighted by molar-refractivity contribution is -0.134. The molecule has 2 aliphatic heterocycles. The van der Waals surface area contributed by atoms with Gasteiger partial charge in [-0.2, -0.15) is 0 Å². The molecule has 0 spiro atoms. The van der Waals surface area contributed by atoms with Crippen molar-refractivity contribution in [2.75, 3.05) is 13.1 Å². The largest absolute Gasteiger partial charge is 0.342 e. The first-order valence-electron chi connectivity index (χ1n) is 10.8. The lowest BCUT2D eigenvalue weighted by atomic mass is 9.96. The molecule has 5 heteroatoms. The van der Waals surface area contributed by atoms with Crippen molar-refractivity contribution >= 4 is 5.91 Å². The third-order valence-corrected chi connectivity index (χ3v) is 6.93. The van der Waals surface area contributed by atoms with Gasteiger partial charge in [-0.25, -0.2) is 0 Å². The standard InChI is InChI=1S/C22H34N4O/c1-15(2)13-17-19(22(17,3)4)21(27)25-11-8-9-16(14-25)20-24-23-18-10-6-5-7-12-26(18)20/h13,16-17,19H,5-12,14H2,1-4H3. The van der Waals surface area contributed by atoms with Crippen molar-refractivity contribution in [2.24, 2.45) is 17.3 Å². The summed E-state index contributed by atoms with van der Waals surface area (Å²) in [7, 11) is 0. The highest BCUT2D eigenvalue weighted by molar-refractivity contribution is 5.84. The van der Waals surface area contributed by atoms with Crippen LogP contribution in [0.3, 0.4) is 0 Å². The Kier molecular flexibility index (Phi) is 4.89. The van der Waals surface area contributed by atoms with Crippen LogP contribution in [0.15, 0.2) is 11.6 Å². The molecule has 0 N–H and O–H groups in total. The van der Waals surface area contributed by atoms with Crippen LogP contribution >= 0.6 is 0 Å². The Morgan fingerprint density at radius 3 is 2.70 bits per heavy atom.